The molecule has 29 heteroatoms. The molecule has 1 saturated heterocycles. The summed E-state index contributed by atoms with van der Waals surface area (Å²) in [6, 6.07) is 16.6. The number of amides is 10. The van der Waals surface area contributed by atoms with Gasteiger partial charge in [-0.3, -0.25) is 33.6 Å². The number of benzene rings is 3. The molecule has 27 nitrogen and oxygen atoms in total. The number of alkyl carbamates (subject to hydrolysis) is 1. The highest BCUT2D eigenvalue weighted by atomic mass is 32.2. The van der Waals surface area contributed by atoms with Gasteiger partial charge >= 0.3 is 12.1 Å². The van der Waals surface area contributed by atoms with E-state index in [-0.39, 0.29) is 67.5 Å². The molecule has 1 aromatic heterocycles. The Morgan fingerprint density at radius 1 is 0.758 bits per heavy atom. The molecule has 0 unspecified atom stereocenters. The minimum atomic E-state index is -4.15. The van der Waals surface area contributed by atoms with Gasteiger partial charge in [0.15, 0.2) is 0 Å². The second-order valence-corrected chi connectivity index (χ2v) is 29.1. The number of thiazole rings is 1. The van der Waals surface area contributed by atoms with Crippen LogP contribution in [0, 0.1) is 23.7 Å². The monoisotopic (exact) mass is 1420 g/mol. The number of likely N-dealkylation sites (tertiary alicyclic amines) is 1. The van der Waals surface area contributed by atoms with E-state index < -0.39 is 123 Å². The summed E-state index contributed by atoms with van der Waals surface area (Å²) in [6.07, 6.45) is 2.93. The Bertz CT molecular complexity index is 3370. The maximum absolute atomic E-state index is 14.8. The molecule has 11 atom stereocenters. The van der Waals surface area contributed by atoms with Crippen LogP contribution in [-0.2, 0) is 70.8 Å². The van der Waals surface area contributed by atoms with Gasteiger partial charge in [0, 0.05) is 51.6 Å². The zero-order chi connectivity index (χ0) is 73.1. The third-order valence-electron chi connectivity index (χ3n) is 17.9. The molecule has 0 bridgehead atoms. The van der Waals surface area contributed by atoms with E-state index in [0.29, 0.717) is 62.9 Å². The Morgan fingerprint density at radius 2 is 1.40 bits per heavy atom. The number of nitrogens with zero attached hydrogens (tertiary/aromatic N) is 3. The number of sulfonamides is 1. The van der Waals surface area contributed by atoms with Crippen LogP contribution in [0.15, 0.2) is 101 Å². The lowest BCUT2D eigenvalue weighted by Crippen LogP contribution is -2.62. The first-order chi connectivity index (χ1) is 47.0. The highest BCUT2D eigenvalue weighted by Crippen LogP contribution is 2.31. The summed E-state index contributed by atoms with van der Waals surface area (Å²) in [4.78, 5) is 132. The standard InChI is InChI=1S/C70H105N13O14S2/c1-13-45(6)59(55(95-11)41-56(84)83-38-23-30-54(83)60(96-12)46(7)61(85)77-53(65-73-37-39-98-65)40-47-24-16-14-17-25-47)82(10)66(89)58(44(4)5)79-67(90)70(8,9)80-69(92)97-42-48-31-33-49(34-32-48)75-62(86)51(29-22-36-74-68(72)91)76-64(88)57(43(2)3)78-63(87)52(28-20-21-35-71)81-99(93,94)50-26-18-15-19-27-50/h14-19,24-27,31-34,37,39,43-46,51-55,57-60,81H,13,20-23,28-30,35-36,38,40-42,71H2,1-12H3,(H,75,86)(H,76,88)(H,77,85)(H,78,87)(H,79,90)(H,80,92)(H3,72,74,91)/t45-,46+,51-,52+,53-,54-,55+,57-,58-,59-,60+/m0/s1. The fourth-order valence-corrected chi connectivity index (χ4v) is 13.9. The summed E-state index contributed by atoms with van der Waals surface area (Å²) in [5.74, 6) is -5.50. The first-order valence-corrected chi connectivity index (χ1v) is 36.3. The molecule has 0 saturated carbocycles. The summed E-state index contributed by atoms with van der Waals surface area (Å²) >= 11 is 1.46. The van der Waals surface area contributed by atoms with Crippen LogP contribution in [0.3, 0.4) is 0 Å². The predicted molar refractivity (Wildman–Crippen MR) is 377 cm³/mol. The number of likely N-dealkylation sites (N-methyl/N-ethyl adjacent to an activating group) is 1. The van der Waals surface area contributed by atoms with Crippen LogP contribution in [0.1, 0.15) is 142 Å². The maximum Gasteiger partial charge on any atom is 0.408 e. The van der Waals surface area contributed by atoms with Crippen molar-refractivity contribution in [2.45, 2.75) is 198 Å². The molecule has 3 aromatic carbocycles. The van der Waals surface area contributed by atoms with E-state index in [4.69, 9.17) is 25.7 Å². The van der Waals surface area contributed by atoms with Crippen molar-refractivity contribution in [3.63, 3.8) is 0 Å². The second kappa shape index (κ2) is 39.6. The van der Waals surface area contributed by atoms with E-state index in [0.717, 1.165) is 10.6 Å². The molecule has 1 aliphatic rings. The zero-order valence-electron chi connectivity index (χ0n) is 59.2. The molecule has 12 N–H and O–H groups in total. The number of nitrogens with two attached hydrogens (primary N) is 2. The minimum absolute atomic E-state index is 0.0161. The molecule has 5 rings (SSSR count). The minimum Gasteiger partial charge on any atom is -0.445 e. The van der Waals surface area contributed by atoms with Crippen LogP contribution in [0.2, 0.25) is 0 Å². The van der Waals surface area contributed by atoms with Gasteiger partial charge in [-0.05, 0) is 118 Å². The highest BCUT2D eigenvalue weighted by Gasteiger charge is 2.44. The quantitative estimate of drug-likeness (QED) is 0.0235. The first-order valence-electron chi connectivity index (χ1n) is 33.9. The summed E-state index contributed by atoms with van der Waals surface area (Å²) in [7, 11) is 0.530. The van der Waals surface area contributed by atoms with Crippen molar-refractivity contribution in [3.8, 4) is 0 Å². The van der Waals surface area contributed by atoms with E-state index in [2.05, 4.69) is 46.9 Å². The fourth-order valence-electron chi connectivity index (χ4n) is 12.0. The van der Waals surface area contributed by atoms with Crippen molar-refractivity contribution in [1.82, 2.24) is 51.4 Å². The summed E-state index contributed by atoms with van der Waals surface area (Å²) < 4.78 is 46.8. The summed E-state index contributed by atoms with van der Waals surface area (Å²) in [6.45, 7) is 16.2. The average molecular weight is 1420 g/mol. The number of carbonyl (C=O) groups is 9. The number of unbranched alkanes of at least 4 members (excludes halogenated alkanes) is 1. The van der Waals surface area contributed by atoms with Crippen LogP contribution in [0.4, 0.5) is 15.3 Å². The molecule has 10 amide bonds. The second-order valence-electron chi connectivity index (χ2n) is 26.4. The Labute approximate surface area is 586 Å². The molecule has 0 spiro atoms. The molecule has 0 aliphatic carbocycles. The molecular weight excluding hydrogens is 1310 g/mol. The van der Waals surface area contributed by atoms with Gasteiger partial charge in [-0.1, -0.05) is 122 Å². The zero-order valence-corrected chi connectivity index (χ0v) is 60.8. The number of ether oxygens (including phenoxy) is 3. The van der Waals surface area contributed by atoms with E-state index in [1.165, 1.54) is 61.5 Å². The van der Waals surface area contributed by atoms with Crippen molar-refractivity contribution in [2.24, 2.45) is 35.1 Å². The van der Waals surface area contributed by atoms with Gasteiger partial charge in [0.1, 0.15) is 41.3 Å². The Hall–Kier alpha value is -8.09. The van der Waals surface area contributed by atoms with Gasteiger partial charge in [-0.25, -0.2) is 23.0 Å². The molecule has 2 heterocycles. The van der Waals surface area contributed by atoms with Crippen molar-refractivity contribution < 1.29 is 65.8 Å². The molecule has 99 heavy (non-hydrogen) atoms. The first kappa shape index (κ1) is 81.6. The maximum atomic E-state index is 14.8. The van der Waals surface area contributed by atoms with E-state index >= 15 is 0 Å². The largest absolute Gasteiger partial charge is 0.445 e. The number of aromatic nitrogens is 1. The lowest BCUT2D eigenvalue weighted by molar-refractivity contribution is -0.148. The van der Waals surface area contributed by atoms with E-state index in [9.17, 15) is 51.6 Å². The fraction of sp³-hybridized carbons (Fsp3) is 0.571. The van der Waals surface area contributed by atoms with Gasteiger partial charge < -0.3 is 72.7 Å². The molecular formula is C70H105N13O14S2. The molecule has 0 radical (unpaired) electrons. The smallest absolute Gasteiger partial charge is 0.408 e. The lowest BCUT2D eigenvalue weighted by atomic mass is 9.89. The number of anilines is 1. The Balaban J connectivity index is 1.19. The van der Waals surface area contributed by atoms with Gasteiger partial charge in [0.2, 0.25) is 51.4 Å². The van der Waals surface area contributed by atoms with E-state index in [1.807, 2.05) is 56.5 Å². The number of hydrogen-bond acceptors (Lipinski definition) is 17. The van der Waals surface area contributed by atoms with Crippen molar-refractivity contribution in [3.05, 3.63) is 113 Å². The van der Waals surface area contributed by atoms with Crippen molar-refractivity contribution >= 4 is 80.5 Å². The van der Waals surface area contributed by atoms with Crippen LogP contribution >= 0.6 is 11.3 Å². The van der Waals surface area contributed by atoms with Gasteiger partial charge in [-0.15, -0.1) is 11.3 Å². The van der Waals surface area contributed by atoms with E-state index in [1.54, 1.807) is 83.3 Å². The van der Waals surface area contributed by atoms with Gasteiger partial charge in [0.25, 0.3) is 0 Å². The van der Waals surface area contributed by atoms with Crippen molar-refractivity contribution in [2.75, 3.05) is 46.2 Å². The number of carbonyl (C=O) groups excluding carboxylic acids is 9. The number of urea groups is 1. The summed E-state index contributed by atoms with van der Waals surface area (Å²) in [5, 5.41) is 21.9. The van der Waals surface area contributed by atoms with Gasteiger partial charge in [0.05, 0.1) is 47.6 Å². The Morgan fingerprint density at radius 3 is 1.99 bits per heavy atom. The number of nitrogens with one attached hydrogen (secondary N) is 8. The third kappa shape index (κ3) is 24.6. The average Bonchev–Trinajstić information content (AvgIpc) is 1.80. The van der Waals surface area contributed by atoms with Crippen LogP contribution in [0.5, 0.6) is 0 Å². The van der Waals surface area contributed by atoms with Crippen LogP contribution < -0.4 is 53.4 Å². The SMILES string of the molecule is CC[C@H](C)[C@@H]([C@@H](CC(=O)N1CCC[C@H]1[C@H](OC)[C@@H](C)C(=O)N[C@@H](Cc1ccccc1)c1nccs1)OC)N(C)C(=O)[C@@H](NC(=O)C(C)(C)NC(=O)OCc1ccc(NC(=O)[C@H](CCCNC(N)=O)NC(=O)[C@@H](NC(=O)[C@@H](CCCCN)NS(=O)(=O)c2ccccc2)C(C)C)cc1)C(C)C. The molecule has 1 aliphatic heterocycles. The van der Waals surface area contributed by atoms with Crippen LogP contribution in [-0.4, -0.2) is 172 Å². The molecule has 4 aromatic rings. The number of hydrogen-bond donors (Lipinski definition) is 10. The van der Waals surface area contributed by atoms with Crippen LogP contribution in [0.25, 0.3) is 0 Å². The summed E-state index contributed by atoms with van der Waals surface area (Å²) in [5.41, 5.74) is 11.2. The number of methoxy groups -OCH3 is 2. The Kier molecular flexibility index (Phi) is 32.7. The number of primary amides is 1. The topological polar surface area (TPSA) is 383 Å². The highest BCUT2D eigenvalue weighted by molar-refractivity contribution is 7.89. The van der Waals surface area contributed by atoms with Gasteiger partial charge in [-0.2, -0.15) is 4.72 Å². The predicted octanol–water partition coefficient (Wildman–Crippen LogP) is 5.80. The molecule has 546 valence electrons. The third-order valence-corrected chi connectivity index (χ3v) is 20.2. The normalized spacial score (nSPS) is 16.3. The molecule has 1 fully saturated rings. The van der Waals surface area contributed by atoms with Crippen molar-refractivity contribution in [1.29, 1.82) is 0 Å². The lowest BCUT2D eigenvalue weighted by Gasteiger charge is -2.41. The number of rotatable bonds is 40.